The van der Waals surface area contributed by atoms with Crippen molar-refractivity contribution in [1.82, 2.24) is 0 Å². The molecule has 0 N–H and O–H groups in total. The van der Waals surface area contributed by atoms with Gasteiger partial charge in [-0.05, 0) is 44.2 Å². The Morgan fingerprint density at radius 2 is 1.85 bits per heavy atom. The molecule has 0 spiro atoms. The molecule has 2 aromatic carbocycles. The molecule has 1 atom stereocenters. The molecular weight excluding hydrogens is 354 g/mol. The smallest absolute Gasteiger partial charge is 0.375 e. The molecular formula is C20H18ClNO4. The molecule has 134 valence electrons. The summed E-state index contributed by atoms with van der Waals surface area (Å²) in [6.07, 6.45) is -0.955. The molecule has 0 aliphatic carbocycles. The number of furan rings is 1. The van der Waals surface area contributed by atoms with Crippen molar-refractivity contribution in [1.29, 1.82) is 0 Å². The Labute approximate surface area is 156 Å². The fourth-order valence-corrected chi connectivity index (χ4v) is 2.88. The highest BCUT2D eigenvalue weighted by Crippen LogP contribution is 2.28. The number of likely N-dealkylation sites (N-methyl/N-ethyl adjacent to an activating group) is 1. The number of hydrogen-bond donors (Lipinski definition) is 0. The molecule has 1 aromatic heterocycles. The van der Waals surface area contributed by atoms with E-state index in [1.807, 2.05) is 18.2 Å². The van der Waals surface area contributed by atoms with Crippen LogP contribution in [0.25, 0.3) is 11.0 Å². The van der Waals surface area contributed by atoms with Crippen molar-refractivity contribution in [2.45, 2.75) is 20.0 Å². The van der Waals surface area contributed by atoms with Crippen molar-refractivity contribution < 1.29 is 18.7 Å². The molecule has 0 bridgehead atoms. The van der Waals surface area contributed by atoms with E-state index in [9.17, 15) is 9.59 Å². The maximum absolute atomic E-state index is 12.5. The lowest BCUT2D eigenvalue weighted by Gasteiger charge is -2.21. The summed E-state index contributed by atoms with van der Waals surface area (Å²) in [5.41, 5.74) is 1.89. The summed E-state index contributed by atoms with van der Waals surface area (Å²) in [7, 11) is 1.64. The van der Waals surface area contributed by atoms with Gasteiger partial charge in [-0.15, -0.1) is 0 Å². The van der Waals surface area contributed by atoms with Gasteiger partial charge in [0.15, 0.2) is 6.10 Å². The van der Waals surface area contributed by atoms with E-state index >= 15 is 0 Å². The summed E-state index contributed by atoms with van der Waals surface area (Å²) in [6.45, 7) is 3.29. The average molecular weight is 372 g/mol. The van der Waals surface area contributed by atoms with E-state index in [0.29, 0.717) is 16.2 Å². The van der Waals surface area contributed by atoms with Crippen molar-refractivity contribution in [2.75, 3.05) is 11.9 Å². The van der Waals surface area contributed by atoms with Crippen LogP contribution in [0.5, 0.6) is 0 Å². The molecule has 0 unspecified atom stereocenters. The molecule has 3 rings (SSSR count). The van der Waals surface area contributed by atoms with Crippen LogP contribution in [0.1, 0.15) is 23.0 Å². The highest BCUT2D eigenvalue weighted by atomic mass is 35.5. The molecule has 0 radical (unpaired) electrons. The minimum Gasteiger partial charge on any atom is -0.449 e. The molecule has 0 aliphatic heterocycles. The molecule has 6 heteroatoms. The predicted molar refractivity (Wildman–Crippen MR) is 101 cm³/mol. The van der Waals surface area contributed by atoms with Crippen LogP contribution in [0.15, 0.2) is 52.9 Å². The zero-order valence-corrected chi connectivity index (χ0v) is 15.4. The van der Waals surface area contributed by atoms with Gasteiger partial charge >= 0.3 is 5.97 Å². The van der Waals surface area contributed by atoms with Crippen LogP contribution in [0.3, 0.4) is 0 Å². The lowest BCUT2D eigenvalue weighted by atomic mass is 10.1. The second-order valence-electron chi connectivity index (χ2n) is 5.98. The Balaban J connectivity index is 1.77. The number of anilines is 1. The van der Waals surface area contributed by atoms with E-state index in [4.69, 9.17) is 20.8 Å². The van der Waals surface area contributed by atoms with Gasteiger partial charge in [0.05, 0.1) is 0 Å². The van der Waals surface area contributed by atoms with Crippen LogP contribution < -0.4 is 4.90 Å². The summed E-state index contributed by atoms with van der Waals surface area (Å²) in [5.74, 6) is -0.942. The number of esters is 1. The first-order valence-corrected chi connectivity index (χ1v) is 8.48. The lowest BCUT2D eigenvalue weighted by molar-refractivity contribution is -0.126. The largest absolute Gasteiger partial charge is 0.449 e. The van der Waals surface area contributed by atoms with E-state index in [-0.39, 0.29) is 11.7 Å². The van der Waals surface area contributed by atoms with Gasteiger partial charge in [0.1, 0.15) is 5.58 Å². The number of halogens is 1. The van der Waals surface area contributed by atoms with Crippen LogP contribution >= 0.6 is 11.6 Å². The fourth-order valence-electron chi connectivity index (χ4n) is 2.70. The number of rotatable bonds is 4. The van der Waals surface area contributed by atoms with Gasteiger partial charge in [-0.1, -0.05) is 29.8 Å². The Morgan fingerprint density at radius 3 is 2.54 bits per heavy atom. The second-order valence-corrected chi connectivity index (χ2v) is 6.41. The molecule has 1 amide bonds. The van der Waals surface area contributed by atoms with Crippen molar-refractivity contribution >= 4 is 40.1 Å². The van der Waals surface area contributed by atoms with Gasteiger partial charge in [0, 0.05) is 28.7 Å². The first-order chi connectivity index (χ1) is 12.4. The van der Waals surface area contributed by atoms with Crippen molar-refractivity contribution in [3.05, 3.63) is 64.9 Å². The first-order valence-electron chi connectivity index (χ1n) is 8.10. The summed E-state index contributed by atoms with van der Waals surface area (Å²) >= 11 is 5.99. The van der Waals surface area contributed by atoms with E-state index in [2.05, 4.69) is 0 Å². The summed E-state index contributed by atoms with van der Waals surface area (Å²) < 4.78 is 10.9. The number of carbonyl (C=O) groups excluding carboxylic acids is 2. The molecule has 1 heterocycles. The van der Waals surface area contributed by atoms with Crippen LogP contribution in [-0.2, 0) is 9.53 Å². The van der Waals surface area contributed by atoms with Gasteiger partial charge in [-0.3, -0.25) is 4.79 Å². The van der Waals surface area contributed by atoms with Crippen molar-refractivity contribution in [3.8, 4) is 0 Å². The maximum atomic E-state index is 12.5. The standard InChI is InChI=1S/C20H18ClNO4/c1-12-16-11-14(21)9-10-17(16)26-18(12)20(24)25-13(2)19(23)22(3)15-7-5-4-6-8-15/h4-11,13H,1-3H3/t13-/m1/s1. The SMILES string of the molecule is Cc1c(C(=O)O[C@H](C)C(=O)N(C)c2ccccc2)oc2ccc(Cl)cc12. The molecule has 0 aliphatic rings. The zero-order valence-electron chi connectivity index (χ0n) is 14.7. The highest BCUT2D eigenvalue weighted by Gasteiger charge is 2.26. The normalized spacial score (nSPS) is 12.0. The third-order valence-corrected chi connectivity index (χ3v) is 4.42. The molecule has 0 saturated heterocycles. The monoisotopic (exact) mass is 371 g/mol. The fraction of sp³-hybridized carbons (Fsp3) is 0.200. The minimum absolute atomic E-state index is 0.0734. The predicted octanol–water partition coefficient (Wildman–Crippen LogP) is 4.60. The topological polar surface area (TPSA) is 59.8 Å². The highest BCUT2D eigenvalue weighted by molar-refractivity contribution is 6.31. The number of nitrogens with zero attached hydrogens (tertiary/aromatic N) is 1. The lowest BCUT2D eigenvalue weighted by Crippen LogP contribution is -2.37. The Morgan fingerprint density at radius 1 is 1.15 bits per heavy atom. The number of ether oxygens (including phenoxy) is 1. The maximum Gasteiger partial charge on any atom is 0.375 e. The molecule has 26 heavy (non-hydrogen) atoms. The van der Waals surface area contributed by atoms with Gasteiger partial charge in [-0.25, -0.2) is 4.79 Å². The van der Waals surface area contributed by atoms with Gasteiger partial charge < -0.3 is 14.1 Å². The Kier molecular flexibility index (Phi) is 5.00. The first kappa shape index (κ1) is 18.0. The number of aryl methyl sites for hydroxylation is 1. The number of carbonyl (C=O) groups is 2. The third kappa shape index (κ3) is 3.44. The van der Waals surface area contributed by atoms with Gasteiger partial charge in [-0.2, -0.15) is 0 Å². The van der Waals surface area contributed by atoms with Gasteiger partial charge in [0.2, 0.25) is 5.76 Å². The number of amides is 1. The number of para-hydroxylation sites is 1. The van der Waals surface area contributed by atoms with Crippen LogP contribution in [0.2, 0.25) is 5.02 Å². The van der Waals surface area contributed by atoms with E-state index in [0.717, 1.165) is 11.1 Å². The van der Waals surface area contributed by atoms with Gasteiger partial charge in [0.25, 0.3) is 5.91 Å². The molecule has 0 fully saturated rings. The van der Waals surface area contributed by atoms with Crippen LogP contribution in [0, 0.1) is 6.92 Å². The summed E-state index contributed by atoms with van der Waals surface area (Å²) in [4.78, 5) is 26.4. The van der Waals surface area contributed by atoms with E-state index in [1.54, 1.807) is 44.3 Å². The van der Waals surface area contributed by atoms with E-state index in [1.165, 1.54) is 11.8 Å². The average Bonchev–Trinajstić information content (AvgIpc) is 2.97. The zero-order chi connectivity index (χ0) is 18.8. The number of benzene rings is 2. The number of hydrogen-bond acceptors (Lipinski definition) is 4. The Bertz CT molecular complexity index is 965. The molecule has 0 saturated carbocycles. The summed E-state index contributed by atoms with van der Waals surface area (Å²) in [5, 5.41) is 1.29. The number of fused-ring (bicyclic) bond motifs is 1. The minimum atomic E-state index is -0.955. The summed E-state index contributed by atoms with van der Waals surface area (Å²) in [6, 6.07) is 14.2. The quantitative estimate of drug-likeness (QED) is 0.629. The van der Waals surface area contributed by atoms with Crippen LogP contribution in [0.4, 0.5) is 5.69 Å². The molecule has 5 nitrogen and oxygen atoms in total. The van der Waals surface area contributed by atoms with Crippen molar-refractivity contribution in [2.24, 2.45) is 0 Å². The van der Waals surface area contributed by atoms with E-state index < -0.39 is 12.1 Å². The van der Waals surface area contributed by atoms with Crippen molar-refractivity contribution in [3.63, 3.8) is 0 Å². The second kappa shape index (κ2) is 7.22. The van der Waals surface area contributed by atoms with Crippen LogP contribution in [-0.4, -0.2) is 25.0 Å². The Hall–Kier alpha value is -2.79. The third-order valence-electron chi connectivity index (χ3n) is 4.19. The molecule has 3 aromatic rings.